The van der Waals surface area contributed by atoms with Gasteiger partial charge in [0.2, 0.25) is 5.91 Å². The van der Waals surface area contributed by atoms with Gasteiger partial charge >= 0.3 is 0 Å². The van der Waals surface area contributed by atoms with Gasteiger partial charge in [0.05, 0.1) is 5.41 Å². The second-order valence-corrected chi connectivity index (χ2v) is 6.66. The summed E-state index contributed by atoms with van der Waals surface area (Å²) in [4.78, 5) is 12.6. The third-order valence-corrected chi connectivity index (χ3v) is 4.93. The molecule has 3 N–H and O–H groups in total. The Morgan fingerprint density at radius 3 is 2.86 bits per heavy atom. The van der Waals surface area contributed by atoms with Crippen LogP contribution in [0.4, 0.5) is 5.69 Å². The molecule has 1 aromatic carbocycles. The zero-order valence-electron chi connectivity index (χ0n) is 12.6. The second-order valence-electron chi connectivity index (χ2n) is 5.39. The van der Waals surface area contributed by atoms with Crippen LogP contribution in [0.3, 0.4) is 0 Å². The zero-order valence-corrected chi connectivity index (χ0v) is 13.4. The zero-order chi connectivity index (χ0) is 15.1. The highest BCUT2D eigenvalue weighted by Crippen LogP contribution is 2.31. The minimum Gasteiger partial charge on any atom is -0.381 e. The molecule has 0 radical (unpaired) electrons. The number of carbonyl (C=O) groups is 1. The van der Waals surface area contributed by atoms with Crippen molar-refractivity contribution in [1.82, 2.24) is 0 Å². The predicted octanol–water partition coefficient (Wildman–Crippen LogP) is 2.63. The van der Waals surface area contributed by atoms with Gasteiger partial charge in [0, 0.05) is 31.2 Å². The molecule has 1 saturated heterocycles. The van der Waals surface area contributed by atoms with Gasteiger partial charge in [-0.15, -0.1) is 0 Å². The molecule has 0 spiro atoms. The van der Waals surface area contributed by atoms with E-state index in [1.165, 1.54) is 5.56 Å². The standard InChI is InChI=1S/C16H24N2O2S/c1-2-21-11-13-4-3-5-14(10-13)18-15(19)16(12-17)6-8-20-9-7-16/h3-5,10H,2,6-9,11-12,17H2,1H3,(H,18,19). The quantitative estimate of drug-likeness (QED) is 0.848. The van der Waals surface area contributed by atoms with Gasteiger partial charge in [0.15, 0.2) is 0 Å². The smallest absolute Gasteiger partial charge is 0.232 e. The van der Waals surface area contributed by atoms with Crippen molar-refractivity contribution < 1.29 is 9.53 Å². The van der Waals surface area contributed by atoms with E-state index in [2.05, 4.69) is 18.3 Å². The number of thioether (sulfide) groups is 1. The summed E-state index contributed by atoms with van der Waals surface area (Å²) in [5.41, 5.74) is 7.47. The molecule has 0 aromatic heterocycles. The Morgan fingerprint density at radius 2 is 2.19 bits per heavy atom. The predicted molar refractivity (Wildman–Crippen MR) is 88.4 cm³/mol. The van der Waals surface area contributed by atoms with Crippen LogP contribution in [0, 0.1) is 5.41 Å². The monoisotopic (exact) mass is 308 g/mol. The summed E-state index contributed by atoms with van der Waals surface area (Å²) in [7, 11) is 0. The molecule has 2 rings (SSSR count). The summed E-state index contributed by atoms with van der Waals surface area (Å²) in [5.74, 6) is 2.08. The first kappa shape index (κ1) is 16.3. The molecule has 5 heteroatoms. The number of hydrogen-bond donors (Lipinski definition) is 2. The number of nitrogens with one attached hydrogen (secondary N) is 1. The summed E-state index contributed by atoms with van der Waals surface area (Å²) in [6.45, 7) is 3.73. The van der Waals surface area contributed by atoms with Gasteiger partial charge in [-0.2, -0.15) is 11.8 Å². The van der Waals surface area contributed by atoms with Gasteiger partial charge in [0.1, 0.15) is 0 Å². The molecule has 1 heterocycles. The van der Waals surface area contributed by atoms with Gasteiger partial charge < -0.3 is 15.8 Å². The fraction of sp³-hybridized carbons (Fsp3) is 0.562. The number of amides is 1. The molecule has 0 saturated carbocycles. The molecule has 1 aliphatic rings. The summed E-state index contributed by atoms with van der Waals surface area (Å²) < 4.78 is 5.35. The molecule has 116 valence electrons. The van der Waals surface area contributed by atoms with Crippen LogP contribution < -0.4 is 11.1 Å². The first-order valence-electron chi connectivity index (χ1n) is 7.46. The van der Waals surface area contributed by atoms with Gasteiger partial charge in [-0.1, -0.05) is 19.1 Å². The molecule has 4 nitrogen and oxygen atoms in total. The number of nitrogens with two attached hydrogens (primary N) is 1. The molecular weight excluding hydrogens is 284 g/mol. The SMILES string of the molecule is CCSCc1cccc(NC(=O)C2(CN)CCOCC2)c1. The molecule has 0 unspecified atom stereocenters. The Hall–Kier alpha value is -1.04. The highest BCUT2D eigenvalue weighted by atomic mass is 32.2. The van der Waals surface area contributed by atoms with Gasteiger partial charge in [-0.3, -0.25) is 4.79 Å². The fourth-order valence-corrected chi connectivity index (χ4v) is 3.13. The Bertz CT molecular complexity index is 473. The lowest BCUT2D eigenvalue weighted by molar-refractivity contribution is -0.130. The third-order valence-electron chi connectivity index (χ3n) is 3.98. The summed E-state index contributed by atoms with van der Waals surface area (Å²) >= 11 is 1.87. The van der Waals surface area contributed by atoms with Crippen molar-refractivity contribution in [2.45, 2.75) is 25.5 Å². The normalized spacial score (nSPS) is 17.4. The average Bonchev–Trinajstić information content (AvgIpc) is 2.54. The first-order valence-corrected chi connectivity index (χ1v) is 8.61. The van der Waals surface area contributed by atoms with Crippen LogP contribution >= 0.6 is 11.8 Å². The van der Waals surface area contributed by atoms with Crippen LogP contribution in [0.2, 0.25) is 0 Å². The van der Waals surface area contributed by atoms with E-state index < -0.39 is 5.41 Å². The molecule has 0 bridgehead atoms. The molecule has 0 aliphatic carbocycles. The van der Waals surface area contributed by atoms with Gasteiger partial charge in [0.25, 0.3) is 0 Å². The van der Waals surface area contributed by atoms with Crippen LogP contribution in [0.1, 0.15) is 25.3 Å². The van der Waals surface area contributed by atoms with Gasteiger partial charge in [-0.05, 0) is 36.3 Å². The largest absolute Gasteiger partial charge is 0.381 e. The van der Waals surface area contributed by atoms with E-state index in [0.29, 0.717) is 32.6 Å². The molecule has 1 fully saturated rings. The average molecular weight is 308 g/mol. The molecule has 21 heavy (non-hydrogen) atoms. The van der Waals surface area contributed by atoms with E-state index in [0.717, 1.165) is 17.2 Å². The molecule has 1 amide bonds. The maximum atomic E-state index is 12.6. The highest BCUT2D eigenvalue weighted by Gasteiger charge is 2.38. The fourth-order valence-electron chi connectivity index (χ4n) is 2.51. The Morgan fingerprint density at radius 1 is 1.43 bits per heavy atom. The lowest BCUT2D eigenvalue weighted by Gasteiger charge is -2.34. The Balaban J connectivity index is 2.04. The molecular formula is C16H24N2O2S. The van der Waals surface area contributed by atoms with Crippen molar-refractivity contribution >= 4 is 23.4 Å². The van der Waals surface area contributed by atoms with Crippen molar-refractivity contribution in [3.05, 3.63) is 29.8 Å². The van der Waals surface area contributed by atoms with Crippen LogP contribution in [0.5, 0.6) is 0 Å². The van der Waals surface area contributed by atoms with Crippen molar-refractivity contribution in [1.29, 1.82) is 0 Å². The van der Waals surface area contributed by atoms with Crippen LogP contribution in [0.25, 0.3) is 0 Å². The van der Waals surface area contributed by atoms with E-state index in [9.17, 15) is 4.79 Å². The number of benzene rings is 1. The van der Waals surface area contributed by atoms with E-state index in [1.807, 2.05) is 30.0 Å². The van der Waals surface area contributed by atoms with E-state index in [-0.39, 0.29) is 5.91 Å². The number of rotatable bonds is 6. The van der Waals surface area contributed by atoms with Crippen molar-refractivity contribution in [3.8, 4) is 0 Å². The molecule has 1 aliphatic heterocycles. The van der Waals surface area contributed by atoms with Crippen LogP contribution in [-0.2, 0) is 15.3 Å². The minimum absolute atomic E-state index is 0.0218. The van der Waals surface area contributed by atoms with Crippen molar-refractivity contribution in [3.63, 3.8) is 0 Å². The highest BCUT2D eigenvalue weighted by molar-refractivity contribution is 7.98. The topological polar surface area (TPSA) is 64.4 Å². The lowest BCUT2D eigenvalue weighted by atomic mass is 9.79. The van der Waals surface area contributed by atoms with Crippen LogP contribution in [0.15, 0.2) is 24.3 Å². The van der Waals surface area contributed by atoms with Crippen molar-refractivity contribution in [2.75, 3.05) is 30.8 Å². The minimum atomic E-state index is -0.480. The lowest BCUT2D eigenvalue weighted by Crippen LogP contribution is -2.46. The number of carbonyl (C=O) groups excluding carboxylic acids is 1. The second kappa shape index (κ2) is 7.82. The van der Waals surface area contributed by atoms with E-state index in [4.69, 9.17) is 10.5 Å². The summed E-state index contributed by atoms with van der Waals surface area (Å²) in [5, 5.41) is 3.04. The number of anilines is 1. The van der Waals surface area contributed by atoms with Crippen molar-refractivity contribution in [2.24, 2.45) is 11.1 Å². The number of hydrogen-bond acceptors (Lipinski definition) is 4. The van der Waals surface area contributed by atoms with E-state index >= 15 is 0 Å². The summed E-state index contributed by atoms with van der Waals surface area (Å²) in [6, 6.07) is 8.05. The third kappa shape index (κ3) is 4.22. The maximum Gasteiger partial charge on any atom is 0.232 e. The van der Waals surface area contributed by atoms with Crippen LogP contribution in [-0.4, -0.2) is 31.4 Å². The molecule has 1 aromatic rings. The van der Waals surface area contributed by atoms with Gasteiger partial charge in [-0.25, -0.2) is 0 Å². The molecule has 0 atom stereocenters. The maximum absolute atomic E-state index is 12.6. The number of ether oxygens (including phenoxy) is 1. The Kier molecular flexibility index (Phi) is 6.08. The van der Waals surface area contributed by atoms with E-state index in [1.54, 1.807) is 0 Å². The summed E-state index contributed by atoms with van der Waals surface area (Å²) in [6.07, 6.45) is 1.39. The first-order chi connectivity index (χ1) is 10.2. The Labute approximate surface area is 130 Å².